The van der Waals surface area contributed by atoms with Gasteiger partial charge in [0, 0.05) is 12.1 Å². The predicted octanol–water partition coefficient (Wildman–Crippen LogP) is 1.64. The number of halogens is 1. The Labute approximate surface area is 112 Å². The number of likely N-dealkylation sites (N-methyl/N-ethyl adjacent to an activating group) is 1. The fourth-order valence-electron chi connectivity index (χ4n) is 1.66. The van der Waals surface area contributed by atoms with Crippen LogP contribution in [-0.2, 0) is 0 Å². The first-order chi connectivity index (χ1) is 9.12. The van der Waals surface area contributed by atoms with Crippen molar-refractivity contribution in [1.82, 2.24) is 4.90 Å². The third-order valence-electron chi connectivity index (χ3n) is 2.89. The van der Waals surface area contributed by atoms with Crippen LogP contribution in [0.5, 0.6) is 5.75 Å². The average molecular weight is 269 g/mol. The van der Waals surface area contributed by atoms with Crippen LogP contribution in [0.3, 0.4) is 0 Å². The molecule has 0 unspecified atom stereocenters. The van der Waals surface area contributed by atoms with Gasteiger partial charge in [0.05, 0.1) is 0 Å². The van der Waals surface area contributed by atoms with Gasteiger partial charge >= 0.3 is 0 Å². The van der Waals surface area contributed by atoms with E-state index >= 15 is 0 Å². The van der Waals surface area contributed by atoms with E-state index < -0.39 is 5.82 Å². The molecule has 0 saturated carbocycles. The molecule has 0 aliphatic carbocycles. The van der Waals surface area contributed by atoms with Gasteiger partial charge in [-0.2, -0.15) is 0 Å². The molecule has 3 N–H and O–H groups in total. The van der Waals surface area contributed by atoms with Crippen molar-refractivity contribution in [1.29, 1.82) is 0 Å². The van der Waals surface area contributed by atoms with Crippen molar-refractivity contribution in [2.75, 3.05) is 26.2 Å². The minimum absolute atomic E-state index is 0.131. The molecule has 106 valence electrons. The highest BCUT2D eigenvalue weighted by Gasteiger charge is 2.08. The van der Waals surface area contributed by atoms with Gasteiger partial charge in [0.15, 0.2) is 17.4 Å². The van der Waals surface area contributed by atoms with Crippen LogP contribution in [0.25, 0.3) is 0 Å². The maximum Gasteiger partial charge on any atom is 0.170 e. The number of nitrogens with zero attached hydrogens (tertiary/aromatic N) is 2. The molecule has 1 aromatic rings. The second-order valence-corrected chi connectivity index (χ2v) is 4.01. The predicted molar refractivity (Wildman–Crippen MR) is 72.2 cm³/mol. The largest absolute Gasteiger partial charge is 0.489 e. The second kappa shape index (κ2) is 7.58. The Balaban J connectivity index is 2.60. The lowest BCUT2D eigenvalue weighted by molar-refractivity contribution is 0.217. The highest BCUT2D eigenvalue weighted by molar-refractivity contribution is 5.97. The number of hydrogen-bond acceptors (Lipinski definition) is 4. The molecule has 0 fully saturated rings. The van der Waals surface area contributed by atoms with Crippen LogP contribution in [0.1, 0.15) is 19.4 Å². The Hall–Kier alpha value is -1.82. The molecule has 0 radical (unpaired) electrons. The highest BCUT2D eigenvalue weighted by Crippen LogP contribution is 2.18. The first-order valence-electron chi connectivity index (χ1n) is 6.24. The summed E-state index contributed by atoms with van der Waals surface area (Å²) in [7, 11) is 0. The number of rotatable bonds is 7. The van der Waals surface area contributed by atoms with Crippen molar-refractivity contribution in [3.05, 3.63) is 29.6 Å². The topological polar surface area (TPSA) is 71.1 Å². The summed E-state index contributed by atoms with van der Waals surface area (Å²) < 4.78 is 19.1. The van der Waals surface area contributed by atoms with E-state index in [4.69, 9.17) is 15.7 Å². The van der Waals surface area contributed by atoms with E-state index in [9.17, 15) is 4.39 Å². The Kier molecular flexibility index (Phi) is 6.08. The van der Waals surface area contributed by atoms with Crippen LogP contribution in [-0.4, -0.2) is 42.2 Å². The Morgan fingerprint density at radius 3 is 2.63 bits per heavy atom. The van der Waals surface area contributed by atoms with E-state index in [2.05, 4.69) is 23.9 Å². The summed E-state index contributed by atoms with van der Waals surface area (Å²) in [6, 6.07) is 4.21. The number of hydrogen-bond donors (Lipinski definition) is 2. The number of ether oxygens (including phenoxy) is 1. The standard InChI is InChI=1S/C13H20FN3O2/c1-3-17(4-2)7-8-19-12-6-5-10(9-11(12)14)13(15)16-18/h5-6,9,18H,3-4,7-8H2,1-2H3,(H2,15,16). The van der Waals surface area contributed by atoms with Crippen LogP contribution < -0.4 is 10.5 Å². The van der Waals surface area contributed by atoms with Crippen LogP contribution >= 0.6 is 0 Å². The molecule has 0 aromatic heterocycles. The molecule has 5 nitrogen and oxygen atoms in total. The van der Waals surface area contributed by atoms with Crippen molar-refractivity contribution < 1.29 is 14.3 Å². The normalized spacial score (nSPS) is 11.9. The monoisotopic (exact) mass is 269 g/mol. The minimum atomic E-state index is -0.524. The molecule has 0 bridgehead atoms. The SMILES string of the molecule is CCN(CC)CCOc1ccc(/C(N)=N/O)cc1F. The molecular formula is C13H20FN3O2. The summed E-state index contributed by atoms with van der Waals surface area (Å²) in [5, 5.41) is 11.3. The van der Waals surface area contributed by atoms with E-state index in [0.29, 0.717) is 12.2 Å². The first-order valence-corrected chi connectivity index (χ1v) is 6.24. The third kappa shape index (κ3) is 4.40. The van der Waals surface area contributed by atoms with Gasteiger partial charge in [-0.25, -0.2) is 4.39 Å². The fraction of sp³-hybridized carbons (Fsp3) is 0.462. The van der Waals surface area contributed by atoms with E-state index in [-0.39, 0.29) is 11.6 Å². The van der Waals surface area contributed by atoms with Crippen LogP contribution in [0.4, 0.5) is 4.39 Å². The van der Waals surface area contributed by atoms with Gasteiger partial charge in [0.2, 0.25) is 0 Å². The van der Waals surface area contributed by atoms with E-state index in [1.165, 1.54) is 12.1 Å². The molecule has 0 aliphatic heterocycles. The Morgan fingerprint density at radius 2 is 2.11 bits per heavy atom. The van der Waals surface area contributed by atoms with Crippen molar-refractivity contribution in [2.45, 2.75) is 13.8 Å². The van der Waals surface area contributed by atoms with Crippen molar-refractivity contribution in [3.8, 4) is 5.75 Å². The molecule has 1 rings (SSSR count). The molecule has 0 saturated heterocycles. The highest BCUT2D eigenvalue weighted by atomic mass is 19.1. The van der Waals surface area contributed by atoms with Gasteiger partial charge < -0.3 is 20.6 Å². The second-order valence-electron chi connectivity index (χ2n) is 4.01. The van der Waals surface area contributed by atoms with Crippen LogP contribution in [0.2, 0.25) is 0 Å². The third-order valence-corrected chi connectivity index (χ3v) is 2.89. The number of oxime groups is 1. The summed E-state index contributed by atoms with van der Waals surface area (Å²) in [5.74, 6) is -0.487. The lowest BCUT2D eigenvalue weighted by Crippen LogP contribution is -2.28. The zero-order valence-electron chi connectivity index (χ0n) is 11.3. The number of amidine groups is 1. The summed E-state index contributed by atoms with van der Waals surface area (Å²) in [5.41, 5.74) is 5.69. The minimum Gasteiger partial charge on any atom is -0.489 e. The summed E-state index contributed by atoms with van der Waals surface area (Å²) in [6.07, 6.45) is 0. The number of nitrogens with two attached hydrogens (primary N) is 1. The maximum atomic E-state index is 13.7. The molecule has 0 heterocycles. The van der Waals surface area contributed by atoms with Gasteiger partial charge in [0.1, 0.15) is 6.61 Å². The smallest absolute Gasteiger partial charge is 0.170 e. The zero-order chi connectivity index (χ0) is 14.3. The quantitative estimate of drug-likeness (QED) is 0.342. The molecule has 0 amide bonds. The lowest BCUT2D eigenvalue weighted by Gasteiger charge is -2.18. The van der Waals surface area contributed by atoms with Crippen molar-refractivity contribution in [3.63, 3.8) is 0 Å². The zero-order valence-corrected chi connectivity index (χ0v) is 11.3. The molecule has 1 aromatic carbocycles. The van der Waals surface area contributed by atoms with Gasteiger partial charge in [-0.15, -0.1) is 0 Å². The summed E-state index contributed by atoms with van der Waals surface area (Å²) in [4.78, 5) is 2.18. The maximum absolute atomic E-state index is 13.7. The molecule has 0 spiro atoms. The average Bonchev–Trinajstić information content (AvgIpc) is 2.44. The summed E-state index contributed by atoms with van der Waals surface area (Å²) >= 11 is 0. The van der Waals surface area contributed by atoms with Crippen LogP contribution in [0.15, 0.2) is 23.4 Å². The lowest BCUT2D eigenvalue weighted by atomic mass is 10.2. The number of benzene rings is 1. The molecule has 6 heteroatoms. The Bertz CT molecular complexity index is 434. The van der Waals surface area contributed by atoms with Gasteiger partial charge in [-0.3, -0.25) is 0 Å². The first kappa shape index (κ1) is 15.2. The van der Waals surface area contributed by atoms with E-state index in [0.717, 1.165) is 19.6 Å². The van der Waals surface area contributed by atoms with Crippen molar-refractivity contribution >= 4 is 5.84 Å². The summed E-state index contributed by atoms with van der Waals surface area (Å²) in [6.45, 7) is 7.16. The molecule has 0 atom stereocenters. The van der Waals surface area contributed by atoms with Gasteiger partial charge in [-0.1, -0.05) is 19.0 Å². The van der Waals surface area contributed by atoms with Gasteiger partial charge in [-0.05, 0) is 31.3 Å². The molecule has 0 aliphatic rings. The Morgan fingerprint density at radius 1 is 1.42 bits per heavy atom. The van der Waals surface area contributed by atoms with Gasteiger partial charge in [0.25, 0.3) is 0 Å². The van der Waals surface area contributed by atoms with E-state index in [1.54, 1.807) is 6.07 Å². The van der Waals surface area contributed by atoms with Crippen molar-refractivity contribution in [2.24, 2.45) is 10.9 Å². The molecule has 19 heavy (non-hydrogen) atoms. The van der Waals surface area contributed by atoms with Crippen LogP contribution in [0, 0.1) is 5.82 Å². The fourth-order valence-corrected chi connectivity index (χ4v) is 1.66. The van der Waals surface area contributed by atoms with E-state index in [1.807, 2.05) is 0 Å². The molecular weight excluding hydrogens is 249 g/mol.